The van der Waals surface area contributed by atoms with E-state index < -0.39 is 58.0 Å². The first kappa shape index (κ1) is 19.2. The van der Waals surface area contributed by atoms with Crippen molar-refractivity contribution in [1.82, 2.24) is 9.78 Å². The van der Waals surface area contributed by atoms with Gasteiger partial charge in [-0.1, -0.05) is 6.92 Å². The van der Waals surface area contributed by atoms with Crippen LogP contribution >= 0.6 is 0 Å². The van der Waals surface area contributed by atoms with E-state index in [9.17, 15) is 35.5 Å². The van der Waals surface area contributed by atoms with Crippen molar-refractivity contribution in [2.45, 2.75) is 19.5 Å². The van der Waals surface area contributed by atoms with E-state index in [1.165, 1.54) is 13.0 Å². The number of nitrogens with one attached hydrogen (secondary N) is 1. The molecule has 0 aliphatic rings. The fourth-order valence-corrected chi connectivity index (χ4v) is 2.00. The van der Waals surface area contributed by atoms with Gasteiger partial charge in [-0.2, -0.15) is 23.5 Å². The highest BCUT2D eigenvalue weighted by Gasteiger charge is 2.43. The lowest BCUT2D eigenvalue weighted by atomic mass is 10.1. The number of hydrogen-bond donors (Lipinski definition) is 1. The van der Waals surface area contributed by atoms with Crippen molar-refractivity contribution in [2.24, 2.45) is 0 Å². The van der Waals surface area contributed by atoms with Crippen LogP contribution in [0.2, 0.25) is 0 Å². The highest BCUT2D eigenvalue weighted by atomic mass is 19.4. The van der Waals surface area contributed by atoms with Gasteiger partial charge in [0.1, 0.15) is 22.9 Å². The van der Waals surface area contributed by atoms with E-state index in [4.69, 9.17) is 5.26 Å². The second kappa shape index (κ2) is 6.66. The topological polar surface area (TPSA) is 70.7 Å². The van der Waals surface area contributed by atoms with Gasteiger partial charge in [0.05, 0.1) is 6.20 Å². The normalized spacial score (nSPS) is 11.3. The van der Waals surface area contributed by atoms with Gasteiger partial charge in [-0.05, 0) is 0 Å². The number of carbonyl (C=O) groups is 1. The molecule has 12 heteroatoms. The molecular weight excluding hydrogens is 373 g/mol. The SMILES string of the molecule is CCC(=O)Nc1c(C#N)cnn1-c1c(F)c(F)c(C(F)(F)F)c(F)c1F. The first-order valence-electron chi connectivity index (χ1n) is 6.76. The lowest BCUT2D eigenvalue weighted by Gasteiger charge is -2.15. The Hall–Kier alpha value is -3.10. The summed E-state index contributed by atoms with van der Waals surface area (Å²) in [4.78, 5) is 11.5. The van der Waals surface area contributed by atoms with Crippen molar-refractivity contribution < 1.29 is 35.5 Å². The second-order valence-electron chi connectivity index (χ2n) is 4.81. The second-order valence-corrected chi connectivity index (χ2v) is 4.81. The van der Waals surface area contributed by atoms with Crippen LogP contribution in [0.15, 0.2) is 6.20 Å². The molecule has 2 aromatic rings. The number of hydrogen-bond acceptors (Lipinski definition) is 3. The van der Waals surface area contributed by atoms with E-state index in [2.05, 4.69) is 5.10 Å². The summed E-state index contributed by atoms with van der Waals surface area (Å²) in [6.45, 7) is 1.39. The Morgan fingerprint density at radius 1 is 1.19 bits per heavy atom. The van der Waals surface area contributed by atoms with E-state index in [0.29, 0.717) is 6.20 Å². The minimum Gasteiger partial charge on any atom is -0.309 e. The van der Waals surface area contributed by atoms with Crippen LogP contribution < -0.4 is 5.32 Å². The molecule has 0 radical (unpaired) electrons. The molecule has 0 atom stereocenters. The minimum atomic E-state index is -5.70. The quantitative estimate of drug-likeness (QED) is 0.653. The molecule has 0 unspecified atom stereocenters. The van der Waals surface area contributed by atoms with Crippen molar-refractivity contribution >= 4 is 11.7 Å². The van der Waals surface area contributed by atoms with Gasteiger partial charge < -0.3 is 5.32 Å². The molecule has 1 N–H and O–H groups in total. The molecule has 0 saturated carbocycles. The fourth-order valence-electron chi connectivity index (χ4n) is 2.00. The number of amides is 1. The smallest absolute Gasteiger partial charge is 0.309 e. The van der Waals surface area contributed by atoms with Crippen LogP contribution in [0.5, 0.6) is 0 Å². The maximum atomic E-state index is 14.1. The summed E-state index contributed by atoms with van der Waals surface area (Å²) in [5.74, 6) is -11.6. The van der Waals surface area contributed by atoms with Crippen molar-refractivity contribution in [1.29, 1.82) is 5.26 Å². The molecule has 26 heavy (non-hydrogen) atoms. The number of nitrogens with zero attached hydrogens (tertiary/aromatic N) is 3. The Morgan fingerprint density at radius 3 is 2.15 bits per heavy atom. The number of alkyl halides is 3. The number of anilines is 1. The van der Waals surface area contributed by atoms with Gasteiger partial charge in [0.25, 0.3) is 0 Å². The van der Waals surface area contributed by atoms with Crippen LogP contribution in [-0.2, 0) is 11.0 Å². The Balaban J connectivity index is 2.82. The summed E-state index contributed by atoms with van der Waals surface area (Å²) in [6.07, 6.45) is -5.13. The van der Waals surface area contributed by atoms with Crippen LogP contribution in [-0.4, -0.2) is 15.7 Å². The molecule has 0 aliphatic heterocycles. The molecule has 0 bridgehead atoms. The Labute approximate surface area is 140 Å². The Kier molecular flexibility index (Phi) is 4.93. The van der Waals surface area contributed by atoms with Gasteiger partial charge >= 0.3 is 6.18 Å². The van der Waals surface area contributed by atoms with Gasteiger partial charge in [0.15, 0.2) is 29.1 Å². The van der Waals surface area contributed by atoms with E-state index >= 15 is 0 Å². The molecule has 0 saturated heterocycles. The number of rotatable bonds is 3. The third kappa shape index (κ3) is 3.07. The summed E-state index contributed by atoms with van der Waals surface area (Å²) in [6, 6.07) is 1.51. The van der Waals surface area contributed by atoms with Crippen LogP contribution in [0.4, 0.5) is 36.6 Å². The average Bonchev–Trinajstić information content (AvgIpc) is 2.94. The molecule has 1 heterocycles. The standard InChI is InChI=1S/C14H7F7N4O/c1-2-6(26)24-13-5(3-22)4-23-25(13)12-10(17)8(15)7(14(19,20)21)9(16)11(12)18/h4H,2H2,1H3,(H,24,26). The molecule has 1 aromatic carbocycles. The summed E-state index contributed by atoms with van der Waals surface area (Å²) in [5.41, 5.74) is -4.84. The van der Waals surface area contributed by atoms with Crippen LogP contribution in [0, 0.1) is 34.6 Å². The lowest BCUT2D eigenvalue weighted by molar-refractivity contribution is -0.143. The van der Waals surface area contributed by atoms with Gasteiger partial charge in [0.2, 0.25) is 5.91 Å². The Morgan fingerprint density at radius 2 is 1.73 bits per heavy atom. The first-order valence-corrected chi connectivity index (χ1v) is 6.76. The number of nitriles is 1. The predicted molar refractivity (Wildman–Crippen MR) is 72.0 cm³/mol. The zero-order chi connectivity index (χ0) is 19.8. The van der Waals surface area contributed by atoms with Gasteiger partial charge in [-0.3, -0.25) is 4.79 Å². The van der Waals surface area contributed by atoms with Crippen molar-refractivity contribution in [3.05, 3.63) is 40.6 Å². The number of halogens is 7. The maximum Gasteiger partial charge on any atom is 0.422 e. The van der Waals surface area contributed by atoms with Gasteiger partial charge in [-0.25, -0.2) is 22.2 Å². The van der Waals surface area contributed by atoms with Crippen molar-refractivity contribution in [3.63, 3.8) is 0 Å². The summed E-state index contributed by atoms with van der Waals surface area (Å²) in [5, 5.41) is 14.3. The highest BCUT2D eigenvalue weighted by Crippen LogP contribution is 2.38. The van der Waals surface area contributed by atoms with Crippen molar-refractivity contribution in [2.75, 3.05) is 5.32 Å². The van der Waals surface area contributed by atoms with Crippen molar-refractivity contribution in [3.8, 4) is 11.8 Å². The van der Waals surface area contributed by atoms with E-state index in [1.807, 2.05) is 5.32 Å². The summed E-state index contributed by atoms with van der Waals surface area (Å²) in [7, 11) is 0. The largest absolute Gasteiger partial charge is 0.422 e. The lowest BCUT2D eigenvalue weighted by Crippen LogP contribution is -2.20. The fraction of sp³-hybridized carbons (Fsp3) is 0.214. The monoisotopic (exact) mass is 380 g/mol. The van der Waals surface area contributed by atoms with E-state index in [0.717, 1.165) is 0 Å². The molecule has 0 aliphatic carbocycles. The molecular formula is C14H7F7N4O. The third-order valence-corrected chi connectivity index (χ3v) is 3.20. The average molecular weight is 380 g/mol. The predicted octanol–water partition coefficient (Wildman–Crippen LogP) is 3.67. The number of carbonyl (C=O) groups excluding carboxylic acids is 1. The van der Waals surface area contributed by atoms with Gasteiger partial charge in [-0.15, -0.1) is 0 Å². The molecule has 1 aromatic heterocycles. The number of aromatic nitrogens is 2. The molecule has 1 amide bonds. The third-order valence-electron chi connectivity index (χ3n) is 3.20. The van der Waals surface area contributed by atoms with Crippen LogP contribution in [0.25, 0.3) is 5.69 Å². The van der Waals surface area contributed by atoms with Crippen LogP contribution in [0.1, 0.15) is 24.5 Å². The first-order chi connectivity index (χ1) is 12.0. The van der Waals surface area contributed by atoms with Crippen LogP contribution in [0.3, 0.4) is 0 Å². The summed E-state index contributed by atoms with van der Waals surface area (Å²) < 4.78 is 93.6. The zero-order valence-corrected chi connectivity index (χ0v) is 12.7. The molecule has 2 rings (SSSR count). The van der Waals surface area contributed by atoms with Gasteiger partial charge in [0, 0.05) is 6.42 Å². The van der Waals surface area contributed by atoms with E-state index in [1.54, 1.807) is 0 Å². The maximum absolute atomic E-state index is 14.1. The minimum absolute atomic E-state index is 0.100. The highest BCUT2D eigenvalue weighted by molar-refractivity contribution is 5.91. The number of benzene rings is 1. The molecule has 5 nitrogen and oxygen atoms in total. The zero-order valence-electron chi connectivity index (χ0n) is 12.7. The molecule has 0 fully saturated rings. The molecule has 138 valence electrons. The molecule has 0 spiro atoms. The summed E-state index contributed by atoms with van der Waals surface area (Å²) >= 11 is 0. The van der Waals surface area contributed by atoms with E-state index in [-0.39, 0.29) is 11.1 Å². The Bertz CT molecular complexity index is 898.